The summed E-state index contributed by atoms with van der Waals surface area (Å²) in [5, 5.41) is 15.5. The fourth-order valence-electron chi connectivity index (χ4n) is 3.91. The number of ether oxygens (including phenoxy) is 1. The normalized spacial score (nSPS) is 12.6. The lowest BCUT2D eigenvalue weighted by atomic mass is 9.93. The Hall–Kier alpha value is -3.77. The molecule has 3 aromatic rings. The molecule has 5 N–H and O–H groups in total. The molecule has 3 rings (SSSR count). The van der Waals surface area contributed by atoms with Gasteiger partial charge in [-0.05, 0) is 52.4 Å². The van der Waals surface area contributed by atoms with Gasteiger partial charge in [0.2, 0.25) is 0 Å². The molecule has 0 aliphatic rings. The van der Waals surface area contributed by atoms with Gasteiger partial charge in [0.15, 0.2) is 0 Å². The smallest absolute Gasteiger partial charge is 0.475 e. The number of benzene rings is 3. The van der Waals surface area contributed by atoms with Crippen molar-refractivity contribution in [2.75, 3.05) is 24.7 Å². The highest BCUT2D eigenvalue weighted by molar-refractivity contribution is 7.80. The maximum Gasteiger partial charge on any atom is 0.490 e. The molecule has 0 fully saturated rings. The van der Waals surface area contributed by atoms with Gasteiger partial charge < -0.3 is 26.2 Å². The van der Waals surface area contributed by atoms with E-state index in [-0.39, 0.29) is 17.9 Å². The van der Waals surface area contributed by atoms with Crippen LogP contribution in [0.5, 0.6) is 0 Å². The van der Waals surface area contributed by atoms with Crippen LogP contribution in [0.15, 0.2) is 60.7 Å². The highest BCUT2D eigenvalue weighted by atomic mass is 32.1. The number of fused-ring (bicyclic) bond motifs is 1. The van der Waals surface area contributed by atoms with Gasteiger partial charge >= 0.3 is 18.1 Å². The average Bonchev–Trinajstić information content (AvgIpc) is 2.94. The largest absolute Gasteiger partial charge is 0.490 e. The van der Waals surface area contributed by atoms with Crippen LogP contribution < -0.4 is 16.4 Å². The number of esters is 1. The number of methoxy groups -OCH3 is 1. The first-order valence-corrected chi connectivity index (χ1v) is 13.3. The monoisotopic (exact) mass is 593 g/mol. The molecule has 0 spiro atoms. The number of amides is 1. The van der Waals surface area contributed by atoms with Crippen molar-refractivity contribution in [3.63, 3.8) is 0 Å². The third kappa shape index (κ3) is 9.98. The molecule has 3 aromatic carbocycles. The molecular weight excluding hydrogens is 559 g/mol. The fraction of sp³-hybridized carbons (Fsp3) is 0.345. The number of hydrogen-bond acceptors (Lipinski definition) is 7. The first kappa shape index (κ1) is 33.4. The van der Waals surface area contributed by atoms with Crippen molar-refractivity contribution >= 4 is 46.9 Å². The van der Waals surface area contributed by atoms with Crippen molar-refractivity contribution in [1.29, 1.82) is 0 Å². The summed E-state index contributed by atoms with van der Waals surface area (Å²) < 4.78 is 36.7. The number of halogens is 3. The van der Waals surface area contributed by atoms with Crippen LogP contribution in [0.2, 0.25) is 0 Å². The summed E-state index contributed by atoms with van der Waals surface area (Å²) in [5.74, 6) is -2.75. The quantitative estimate of drug-likeness (QED) is 0.163. The number of carbonyl (C=O) groups excluding carboxylic acids is 2. The second-order valence-corrected chi connectivity index (χ2v) is 9.96. The zero-order chi connectivity index (χ0) is 30.7. The summed E-state index contributed by atoms with van der Waals surface area (Å²) in [4.78, 5) is 34.6. The summed E-state index contributed by atoms with van der Waals surface area (Å²) in [6.07, 6.45) is -4.59. The van der Waals surface area contributed by atoms with Crippen LogP contribution in [0.1, 0.15) is 30.6 Å². The number of aliphatic carboxylic acids is 1. The highest BCUT2D eigenvalue weighted by Gasteiger charge is 2.38. The van der Waals surface area contributed by atoms with E-state index in [2.05, 4.69) is 23.3 Å². The number of nitrogens with two attached hydrogens (primary N) is 1. The summed E-state index contributed by atoms with van der Waals surface area (Å²) in [5.41, 5.74) is 9.05. The van der Waals surface area contributed by atoms with Gasteiger partial charge in [-0.3, -0.25) is 4.79 Å². The molecule has 1 unspecified atom stereocenters. The molecule has 222 valence electrons. The number of thiol groups is 1. The van der Waals surface area contributed by atoms with E-state index < -0.39 is 24.2 Å². The lowest BCUT2D eigenvalue weighted by Gasteiger charge is -2.20. The van der Waals surface area contributed by atoms with Gasteiger partial charge in [-0.25, -0.2) is 9.59 Å². The van der Waals surface area contributed by atoms with Gasteiger partial charge in [-0.15, -0.1) is 0 Å². The minimum Gasteiger partial charge on any atom is -0.475 e. The van der Waals surface area contributed by atoms with Gasteiger partial charge in [-0.1, -0.05) is 56.3 Å². The van der Waals surface area contributed by atoms with Crippen molar-refractivity contribution < 1.29 is 37.4 Å². The van der Waals surface area contributed by atoms with Crippen molar-refractivity contribution in [1.82, 2.24) is 5.32 Å². The van der Waals surface area contributed by atoms with E-state index in [0.29, 0.717) is 24.3 Å². The first-order valence-electron chi connectivity index (χ1n) is 12.7. The van der Waals surface area contributed by atoms with E-state index in [1.807, 2.05) is 68.4 Å². The van der Waals surface area contributed by atoms with Crippen molar-refractivity contribution in [2.24, 2.45) is 11.7 Å². The Morgan fingerprint density at radius 3 is 2.24 bits per heavy atom. The SMILES string of the molecule is COC(=O)[C@H](CC(C)C)NC(=O)c1ccc(NCC(N)CS)cc1-c1cccc2ccccc12.O=C(O)C(F)(F)F. The Bertz CT molecular complexity index is 1350. The molecule has 2 atom stereocenters. The molecule has 0 saturated heterocycles. The van der Waals surface area contributed by atoms with Crippen molar-refractivity contribution in [3.05, 3.63) is 66.2 Å². The number of rotatable bonds is 10. The van der Waals surface area contributed by atoms with Crippen LogP contribution in [0.3, 0.4) is 0 Å². The Kier molecular flexibility index (Phi) is 12.5. The number of carbonyl (C=O) groups is 3. The molecule has 0 bridgehead atoms. The lowest BCUT2D eigenvalue weighted by molar-refractivity contribution is -0.192. The number of carboxylic acid groups (broad SMARTS) is 1. The van der Waals surface area contributed by atoms with Crippen LogP contribution in [-0.2, 0) is 14.3 Å². The molecule has 0 aliphatic heterocycles. The van der Waals surface area contributed by atoms with E-state index in [4.69, 9.17) is 20.4 Å². The summed E-state index contributed by atoms with van der Waals surface area (Å²) >= 11 is 4.25. The Morgan fingerprint density at radius 1 is 1.02 bits per heavy atom. The fourth-order valence-corrected chi connectivity index (χ4v) is 4.04. The van der Waals surface area contributed by atoms with Crippen LogP contribution in [0.25, 0.3) is 21.9 Å². The molecule has 1 amide bonds. The van der Waals surface area contributed by atoms with Gasteiger partial charge in [-0.2, -0.15) is 25.8 Å². The number of hydrogen-bond donors (Lipinski definition) is 5. The van der Waals surface area contributed by atoms with Crippen LogP contribution in [0, 0.1) is 5.92 Å². The number of carboxylic acids is 1. The number of alkyl halides is 3. The average molecular weight is 594 g/mol. The lowest BCUT2D eigenvalue weighted by Crippen LogP contribution is -2.42. The van der Waals surface area contributed by atoms with E-state index in [9.17, 15) is 22.8 Å². The van der Waals surface area contributed by atoms with Gasteiger partial charge in [0.1, 0.15) is 6.04 Å². The predicted molar refractivity (Wildman–Crippen MR) is 156 cm³/mol. The molecular formula is C29H34F3N3O5S. The first-order chi connectivity index (χ1) is 19.3. The predicted octanol–water partition coefficient (Wildman–Crippen LogP) is 5.13. The summed E-state index contributed by atoms with van der Waals surface area (Å²) in [6, 6.07) is 18.9. The number of anilines is 1. The van der Waals surface area contributed by atoms with E-state index in [1.54, 1.807) is 6.07 Å². The molecule has 0 aliphatic carbocycles. The molecule has 0 radical (unpaired) electrons. The third-order valence-corrected chi connectivity index (χ3v) is 6.36. The highest BCUT2D eigenvalue weighted by Crippen LogP contribution is 2.33. The maximum absolute atomic E-state index is 13.4. The summed E-state index contributed by atoms with van der Waals surface area (Å²) in [7, 11) is 1.33. The van der Waals surface area contributed by atoms with Crippen LogP contribution >= 0.6 is 12.6 Å². The second kappa shape index (κ2) is 15.3. The van der Waals surface area contributed by atoms with Crippen molar-refractivity contribution in [3.8, 4) is 11.1 Å². The molecule has 0 aromatic heterocycles. The Labute approximate surface area is 241 Å². The van der Waals surface area contributed by atoms with Gasteiger partial charge in [0, 0.05) is 29.6 Å². The zero-order valence-corrected chi connectivity index (χ0v) is 23.8. The Morgan fingerprint density at radius 2 is 1.66 bits per heavy atom. The molecule has 41 heavy (non-hydrogen) atoms. The molecule has 12 heteroatoms. The molecule has 8 nitrogen and oxygen atoms in total. The molecule has 0 heterocycles. The van der Waals surface area contributed by atoms with E-state index in [1.165, 1.54) is 7.11 Å². The van der Waals surface area contributed by atoms with Crippen molar-refractivity contribution in [2.45, 2.75) is 38.5 Å². The van der Waals surface area contributed by atoms with Crippen LogP contribution in [0.4, 0.5) is 18.9 Å². The maximum atomic E-state index is 13.4. The van der Waals surface area contributed by atoms with Gasteiger partial charge in [0.05, 0.1) is 7.11 Å². The van der Waals surface area contributed by atoms with Crippen LogP contribution in [-0.4, -0.2) is 60.6 Å². The zero-order valence-electron chi connectivity index (χ0n) is 22.9. The standard InChI is InChI=1S/C27H33N3O3S.C2HF3O2/c1-17(2)13-25(27(32)33-3)30-26(31)23-12-11-20(29-15-19(28)16-34)14-24(23)22-10-6-8-18-7-4-5-9-21(18)22;3-2(4,5)1(6)7/h4-12,14,17,19,25,29,34H,13,15-16,28H2,1-3H3,(H,30,31);(H,6,7)/t19?,25-;/m0./s1. The Balaban J connectivity index is 0.000000745. The minimum atomic E-state index is -5.08. The van der Waals surface area contributed by atoms with Gasteiger partial charge in [0.25, 0.3) is 5.91 Å². The topological polar surface area (TPSA) is 131 Å². The van der Waals surface area contributed by atoms with E-state index in [0.717, 1.165) is 27.6 Å². The third-order valence-electron chi connectivity index (χ3n) is 5.89. The van der Waals surface area contributed by atoms with E-state index >= 15 is 0 Å². The second-order valence-electron chi connectivity index (χ2n) is 9.59. The minimum absolute atomic E-state index is 0.0934. The molecule has 0 saturated carbocycles. The number of nitrogens with one attached hydrogen (secondary N) is 2. The summed E-state index contributed by atoms with van der Waals surface area (Å²) in [6.45, 7) is 4.56.